The van der Waals surface area contributed by atoms with Crippen molar-refractivity contribution in [3.63, 3.8) is 0 Å². The van der Waals surface area contributed by atoms with Crippen LogP contribution < -0.4 is 0 Å². The fourth-order valence-electron chi connectivity index (χ4n) is 1.26. The van der Waals surface area contributed by atoms with E-state index in [0.717, 1.165) is 19.5 Å². The molecule has 0 radical (unpaired) electrons. The number of nitrogens with zero attached hydrogens (tertiary/aromatic N) is 2. The van der Waals surface area contributed by atoms with Crippen molar-refractivity contribution in [1.29, 1.82) is 0 Å². The van der Waals surface area contributed by atoms with Crippen molar-refractivity contribution in [2.24, 2.45) is 4.99 Å². The number of hydrogen-bond acceptors (Lipinski definition) is 3. The molecule has 0 atom stereocenters. The van der Waals surface area contributed by atoms with E-state index in [-0.39, 0.29) is 12.1 Å². The molecule has 0 saturated carbocycles. The summed E-state index contributed by atoms with van der Waals surface area (Å²) >= 11 is 0. The largest absolute Gasteiger partial charge is 0.396 e. The van der Waals surface area contributed by atoms with Gasteiger partial charge in [0.15, 0.2) is 0 Å². The van der Waals surface area contributed by atoms with Gasteiger partial charge in [-0.05, 0) is 20.3 Å². The summed E-state index contributed by atoms with van der Waals surface area (Å²) < 4.78 is 0. The van der Waals surface area contributed by atoms with Crippen LogP contribution in [-0.4, -0.2) is 41.6 Å². The summed E-state index contributed by atoms with van der Waals surface area (Å²) in [4.78, 5) is 6.32. The Morgan fingerprint density at radius 1 is 1.64 bits per heavy atom. The minimum Gasteiger partial charge on any atom is -0.396 e. The van der Waals surface area contributed by atoms with Crippen LogP contribution >= 0.6 is 0 Å². The van der Waals surface area contributed by atoms with Crippen molar-refractivity contribution < 1.29 is 5.11 Å². The summed E-state index contributed by atoms with van der Waals surface area (Å²) in [5.41, 5.74) is 0.0642. The Bertz CT molecular complexity index is 154. The van der Waals surface area contributed by atoms with Crippen molar-refractivity contribution in [1.82, 2.24) is 4.90 Å². The van der Waals surface area contributed by atoms with Crippen LogP contribution in [0, 0.1) is 0 Å². The fourth-order valence-corrected chi connectivity index (χ4v) is 1.26. The lowest BCUT2D eigenvalue weighted by molar-refractivity contribution is 0.169. The number of rotatable bonds is 3. The van der Waals surface area contributed by atoms with E-state index in [9.17, 15) is 0 Å². The molecular formula is C8H16N2O. The fraction of sp³-hybridized carbons (Fsp3) is 0.875. The molecule has 64 valence electrons. The van der Waals surface area contributed by atoms with Gasteiger partial charge in [0.1, 0.15) is 0 Å². The first-order chi connectivity index (χ1) is 5.17. The zero-order valence-corrected chi connectivity index (χ0v) is 7.25. The van der Waals surface area contributed by atoms with E-state index in [1.165, 1.54) is 0 Å². The molecule has 1 aliphatic rings. The minimum atomic E-state index is 0.0642. The van der Waals surface area contributed by atoms with Crippen molar-refractivity contribution in [3.8, 4) is 0 Å². The molecule has 1 heterocycles. The van der Waals surface area contributed by atoms with Crippen LogP contribution in [0.15, 0.2) is 4.99 Å². The Morgan fingerprint density at radius 3 is 2.82 bits per heavy atom. The van der Waals surface area contributed by atoms with Gasteiger partial charge in [-0.25, -0.2) is 0 Å². The summed E-state index contributed by atoms with van der Waals surface area (Å²) in [7, 11) is 0. The van der Waals surface area contributed by atoms with Crippen molar-refractivity contribution >= 4 is 6.34 Å². The lowest BCUT2D eigenvalue weighted by Crippen LogP contribution is -2.42. The van der Waals surface area contributed by atoms with E-state index in [1.54, 1.807) is 0 Å². The molecule has 0 aromatic rings. The zero-order valence-electron chi connectivity index (χ0n) is 7.25. The lowest BCUT2D eigenvalue weighted by Gasteiger charge is -2.34. The third kappa shape index (κ3) is 1.93. The number of aliphatic imine (C=N–C) groups is 1. The molecule has 0 aliphatic carbocycles. The first-order valence-corrected chi connectivity index (χ1v) is 4.04. The molecule has 1 rings (SSSR count). The van der Waals surface area contributed by atoms with Crippen molar-refractivity contribution in [2.45, 2.75) is 25.8 Å². The van der Waals surface area contributed by atoms with Gasteiger partial charge in [-0.15, -0.1) is 0 Å². The van der Waals surface area contributed by atoms with Gasteiger partial charge in [0.05, 0.1) is 12.9 Å². The molecule has 0 fully saturated rings. The van der Waals surface area contributed by atoms with Gasteiger partial charge in [0.2, 0.25) is 0 Å². The Labute approximate surface area is 67.7 Å². The van der Waals surface area contributed by atoms with E-state index in [0.29, 0.717) is 0 Å². The van der Waals surface area contributed by atoms with Gasteiger partial charge >= 0.3 is 0 Å². The normalized spacial score (nSPS) is 17.9. The van der Waals surface area contributed by atoms with E-state index in [4.69, 9.17) is 5.11 Å². The molecule has 1 N–H and O–H groups in total. The maximum absolute atomic E-state index is 8.79. The first-order valence-electron chi connectivity index (χ1n) is 4.04. The van der Waals surface area contributed by atoms with Crippen LogP contribution in [0.2, 0.25) is 0 Å². The van der Waals surface area contributed by atoms with E-state index in [2.05, 4.69) is 23.7 Å². The first kappa shape index (κ1) is 8.53. The standard InChI is InChI=1S/C8H16N2O/c1-8(2,3-6-11)10-5-4-9-7-10/h7,11H,3-6H2,1-2H3. The topological polar surface area (TPSA) is 35.8 Å². The van der Waals surface area contributed by atoms with E-state index in [1.807, 2.05) is 6.34 Å². The molecule has 0 amide bonds. The van der Waals surface area contributed by atoms with Crippen LogP contribution in [0.4, 0.5) is 0 Å². The summed E-state index contributed by atoms with van der Waals surface area (Å²) in [6.45, 7) is 6.39. The second kappa shape index (κ2) is 3.22. The van der Waals surface area contributed by atoms with Crippen molar-refractivity contribution in [3.05, 3.63) is 0 Å². The van der Waals surface area contributed by atoms with Crippen LogP contribution in [0.25, 0.3) is 0 Å². The highest BCUT2D eigenvalue weighted by atomic mass is 16.3. The van der Waals surface area contributed by atoms with Crippen LogP contribution in [0.1, 0.15) is 20.3 Å². The smallest absolute Gasteiger partial charge is 0.0855 e. The van der Waals surface area contributed by atoms with Crippen LogP contribution in [0.5, 0.6) is 0 Å². The van der Waals surface area contributed by atoms with Gasteiger partial charge in [-0.1, -0.05) is 0 Å². The molecule has 11 heavy (non-hydrogen) atoms. The van der Waals surface area contributed by atoms with Gasteiger partial charge in [0.25, 0.3) is 0 Å². The van der Waals surface area contributed by atoms with Gasteiger partial charge < -0.3 is 10.0 Å². The van der Waals surface area contributed by atoms with Gasteiger partial charge in [-0.3, -0.25) is 4.99 Å². The molecule has 0 spiro atoms. The van der Waals surface area contributed by atoms with Crippen molar-refractivity contribution in [2.75, 3.05) is 19.7 Å². The Kier molecular flexibility index (Phi) is 2.49. The number of aliphatic hydroxyl groups excluding tert-OH is 1. The third-order valence-corrected chi connectivity index (χ3v) is 2.19. The highest BCUT2D eigenvalue weighted by Crippen LogP contribution is 2.18. The molecule has 0 unspecified atom stereocenters. The molecule has 0 saturated heterocycles. The Morgan fingerprint density at radius 2 is 2.36 bits per heavy atom. The van der Waals surface area contributed by atoms with Gasteiger partial charge in [0, 0.05) is 18.7 Å². The predicted octanol–water partition coefficient (Wildman–Crippen LogP) is 0.491. The molecule has 0 aromatic carbocycles. The number of hydrogen-bond donors (Lipinski definition) is 1. The highest BCUT2D eigenvalue weighted by molar-refractivity contribution is 5.58. The highest BCUT2D eigenvalue weighted by Gasteiger charge is 2.25. The summed E-state index contributed by atoms with van der Waals surface area (Å²) in [6, 6.07) is 0. The molecule has 3 nitrogen and oxygen atoms in total. The van der Waals surface area contributed by atoms with Crippen LogP contribution in [-0.2, 0) is 0 Å². The molecule has 0 bridgehead atoms. The maximum atomic E-state index is 8.79. The summed E-state index contributed by atoms with van der Waals surface area (Å²) in [6.07, 6.45) is 2.69. The minimum absolute atomic E-state index is 0.0642. The second-order valence-corrected chi connectivity index (χ2v) is 3.50. The molecule has 3 heteroatoms. The summed E-state index contributed by atoms with van der Waals surface area (Å²) in [5.74, 6) is 0. The molecular weight excluding hydrogens is 140 g/mol. The Hall–Kier alpha value is -0.570. The SMILES string of the molecule is CC(C)(CCO)N1C=NCC1. The third-order valence-electron chi connectivity index (χ3n) is 2.19. The zero-order chi connectivity index (χ0) is 8.32. The average Bonchev–Trinajstić information content (AvgIpc) is 2.37. The second-order valence-electron chi connectivity index (χ2n) is 3.50. The van der Waals surface area contributed by atoms with Crippen LogP contribution in [0.3, 0.4) is 0 Å². The monoisotopic (exact) mass is 156 g/mol. The van der Waals surface area contributed by atoms with E-state index >= 15 is 0 Å². The van der Waals surface area contributed by atoms with E-state index < -0.39 is 0 Å². The molecule has 1 aliphatic heterocycles. The quantitative estimate of drug-likeness (QED) is 0.645. The summed E-state index contributed by atoms with van der Waals surface area (Å²) in [5, 5.41) is 8.79. The average molecular weight is 156 g/mol. The molecule has 0 aromatic heterocycles. The Balaban J connectivity index is 2.48. The lowest BCUT2D eigenvalue weighted by atomic mass is 9.99. The van der Waals surface area contributed by atoms with Gasteiger partial charge in [-0.2, -0.15) is 0 Å². The maximum Gasteiger partial charge on any atom is 0.0855 e. The number of aliphatic hydroxyl groups is 1. The predicted molar refractivity (Wildman–Crippen MR) is 45.8 cm³/mol.